The van der Waals surface area contributed by atoms with Crippen LogP contribution in [0.15, 0.2) is 0 Å². The molecule has 2 fully saturated rings. The van der Waals surface area contributed by atoms with E-state index in [1.165, 1.54) is 25.7 Å². The summed E-state index contributed by atoms with van der Waals surface area (Å²) in [7, 11) is 0. The van der Waals surface area contributed by atoms with E-state index < -0.39 is 0 Å². The van der Waals surface area contributed by atoms with Crippen LogP contribution in [-0.2, 0) is 9.53 Å². The Morgan fingerprint density at radius 1 is 1.14 bits per heavy atom. The number of rotatable bonds is 5. The second-order valence-corrected chi connectivity index (χ2v) is 6.22. The Bertz CT molecular complexity index is 345. The smallest absolute Gasteiger partial charge is 0.409 e. The number of ether oxygens (including phenoxy) is 1. The van der Waals surface area contributed by atoms with E-state index in [1.54, 1.807) is 4.90 Å². The second-order valence-electron chi connectivity index (χ2n) is 6.22. The van der Waals surface area contributed by atoms with Crippen LogP contribution in [0.5, 0.6) is 0 Å². The molecule has 0 unspecified atom stereocenters. The van der Waals surface area contributed by atoms with Crippen LogP contribution < -0.4 is 5.32 Å². The molecular formula is C16H28N2O3. The highest BCUT2D eigenvalue weighted by Gasteiger charge is 2.24. The number of amides is 2. The molecule has 2 amide bonds. The third-order valence-corrected chi connectivity index (χ3v) is 4.64. The molecule has 5 heteroatoms. The quantitative estimate of drug-likeness (QED) is 0.848. The number of hydrogen-bond acceptors (Lipinski definition) is 3. The molecule has 0 atom stereocenters. The summed E-state index contributed by atoms with van der Waals surface area (Å²) < 4.78 is 4.99. The summed E-state index contributed by atoms with van der Waals surface area (Å²) in [5.41, 5.74) is 0. The Hall–Kier alpha value is -1.26. The number of piperidine rings is 1. The van der Waals surface area contributed by atoms with Crippen LogP contribution in [0.2, 0.25) is 0 Å². The number of nitrogens with one attached hydrogen (secondary N) is 1. The van der Waals surface area contributed by atoms with Crippen molar-refractivity contribution in [3.05, 3.63) is 0 Å². The summed E-state index contributed by atoms with van der Waals surface area (Å²) in [5, 5.41) is 3.12. The topological polar surface area (TPSA) is 58.6 Å². The minimum atomic E-state index is -0.233. The molecule has 0 aromatic carbocycles. The number of carbonyl (C=O) groups excluding carboxylic acids is 2. The Morgan fingerprint density at radius 2 is 1.81 bits per heavy atom. The van der Waals surface area contributed by atoms with Gasteiger partial charge in [-0.05, 0) is 32.1 Å². The monoisotopic (exact) mass is 296 g/mol. The van der Waals surface area contributed by atoms with Gasteiger partial charge in [0.05, 0.1) is 6.61 Å². The molecule has 0 radical (unpaired) electrons. The average molecular weight is 296 g/mol. The number of likely N-dealkylation sites (tertiary alicyclic amines) is 1. The minimum absolute atomic E-state index is 0.177. The van der Waals surface area contributed by atoms with Crippen LogP contribution in [0.4, 0.5) is 4.79 Å². The second kappa shape index (κ2) is 8.25. The minimum Gasteiger partial charge on any atom is -0.450 e. The summed E-state index contributed by atoms with van der Waals surface area (Å²) >= 11 is 0. The molecule has 2 aliphatic rings. The molecule has 0 aromatic rings. The van der Waals surface area contributed by atoms with Gasteiger partial charge in [-0.2, -0.15) is 0 Å². The lowest BCUT2D eigenvalue weighted by atomic mass is 10.0. The Kier molecular flexibility index (Phi) is 6.33. The molecule has 1 saturated carbocycles. The number of carbonyl (C=O) groups is 2. The van der Waals surface area contributed by atoms with Crippen molar-refractivity contribution in [2.75, 3.05) is 19.7 Å². The van der Waals surface area contributed by atoms with E-state index in [-0.39, 0.29) is 18.0 Å². The van der Waals surface area contributed by atoms with Gasteiger partial charge in [0.2, 0.25) is 5.91 Å². The summed E-state index contributed by atoms with van der Waals surface area (Å²) in [6, 6.07) is 0.215. The Balaban J connectivity index is 1.61. The van der Waals surface area contributed by atoms with Crippen LogP contribution in [0, 0.1) is 5.92 Å². The molecule has 5 nitrogen and oxygen atoms in total. The first-order chi connectivity index (χ1) is 10.2. The van der Waals surface area contributed by atoms with Gasteiger partial charge in [0, 0.05) is 25.6 Å². The van der Waals surface area contributed by atoms with Crippen molar-refractivity contribution in [2.24, 2.45) is 5.92 Å². The van der Waals surface area contributed by atoms with Gasteiger partial charge in [0.1, 0.15) is 0 Å². The van der Waals surface area contributed by atoms with Crippen LogP contribution in [-0.4, -0.2) is 42.6 Å². The lowest BCUT2D eigenvalue weighted by Gasteiger charge is -2.31. The molecule has 120 valence electrons. The van der Waals surface area contributed by atoms with Gasteiger partial charge in [-0.15, -0.1) is 0 Å². The van der Waals surface area contributed by atoms with E-state index in [1.807, 2.05) is 6.92 Å². The van der Waals surface area contributed by atoms with Gasteiger partial charge in [-0.1, -0.05) is 25.7 Å². The van der Waals surface area contributed by atoms with Crippen molar-refractivity contribution >= 4 is 12.0 Å². The molecule has 1 N–H and O–H groups in total. The van der Waals surface area contributed by atoms with Crippen LogP contribution >= 0.6 is 0 Å². The summed E-state index contributed by atoms with van der Waals surface area (Å²) in [4.78, 5) is 25.3. The maximum Gasteiger partial charge on any atom is 0.409 e. The fraction of sp³-hybridized carbons (Fsp3) is 0.875. The highest BCUT2D eigenvalue weighted by molar-refractivity contribution is 5.76. The number of hydrogen-bond donors (Lipinski definition) is 1. The molecule has 2 rings (SSSR count). The first-order valence-corrected chi connectivity index (χ1v) is 8.40. The van der Waals surface area contributed by atoms with E-state index in [0.29, 0.717) is 26.1 Å². The zero-order chi connectivity index (χ0) is 15.1. The normalized spacial score (nSPS) is 20.5. The van der Waals surface area contributed by atoms with Gasteiger partial charge in [-0.25, -0.2) is 4.79 Å². The average Bonchev–Trinajstić information content (AvgIpc) is 2.99. The van der Waals surface area contributed by atoms with Crippen LogP contribution in [0.3, 0.4) is 0 Å². The van der Waals surface area contributed by atoms with E-state index in [0.717, 1.165) is 25.2 Å². The van der Waals surface area contributed by atoms with E-state index in [2.05, 4.69) is 5.32 Å². The largest absolute Gasteiger partial charge is 0.450 e. The fourth-order valence-corrected chi connectivity index (χ4v) is 3.36. The highest BCUT2D eigenvalue weighted by atomic mass is 16.6. The zero-order valence-corrected chi connectivity index (χ0v) is 13.1. The molecule has 1 heterocycles. The molecule has 1 aliphatic heterocycles. The maximum absolute atomic E-state index is 12.0. The van der Waals surface area contributed by atoms with E-state index in [9.17, 15) is 9.59 Å². The predicted octanol–water partition coefficient (Wildman–Crippen LogP) is 2.69. The molecule has 0 aromatic heterocycles. The van der Waals surface area contributed by atoms with E-state index >= 15 is 0 Å². The van der Waals surface area contributed by atoms with Crippen molar-refractivity contribution in [1.82, 2.24) is 10.2 Å². The van der Waals surface area contributed by atoms with Gasteiger partial charge in [-0.3, -0.25) is 4.79 Å². The van der Waals surface area contributed by atoms with Gasteiger partial charge < -0.3 is 15.0 Å². The Labute approximate surface area is 127 Å². The van der Waals surface area contributed by atoms with Gasteiger partial charge >= 0.3 is 6.09 Å². The van der Waals surface area contributed by atoms with Crippen molar-refractivity contribution < 1.29 is 14.3 Å². The molecule has 1 aliphatic carbocycles. The summed E-state index contributed by atoms with van der Waals surface area (Å²) in [6.45, 7) is 3.57. The standard InChI is InChI=1S/C16H28N2O3/c1-2-21-16(20)18-11-9-14(10-12-18)17-15(19)8-7-13-5-3-4-6-13/h13-14H,2-12H2,1H3,(H,17,19). The Morgan fingerprint density at radius 3 is 2.43 bits per heavy atom. The highest BCUT2D eigenvalue weighted by Crippen LogP contribution is 2.28. The van der Waals surface area contributed by atoms with Gasteiger partial charge in [0.15, 0.2) is 0 Å². The van der Waals surface area contributed by atoms with Gasteiger partial charge in [0.25, 0.3) is 0 Å². The first kappa shape index (κ1) is 16.1. The van der Waals surface area contributed by atoms with Crippen molar-refractivity contribution in [3.63, 3.8) is 0 Å². The van der Waals surface area contributed by atoms with Crippen molar-refractivity contribution in [3.8, 4) is 0 Å². The maximum atomic E-state index is 12.0. The summed E-state index contributed by atoms with van der Waals surface area (Å²) in [5.74, 6) is 0.942. The zero-order valence-electron chi connectivity index (χ0n) is 13.1. The SMILES string of the molecule is CCOC(=O)N1CCC(NC(=O)CCC2CCCC2)CC1. The molecule has 0 spiro atoms. The molecule has 1 saturated heterocycles. The lowest BCUT2D eigenvalue weighted by molar-refractivity contribution is -0.122. The van der Waals surface area contributed by atoms with Crippen molar-refractivity contribution in [1.29, 1.82) is 0 Å². The third-order valence-electron chi connectivity index (χ3n) is 4.64. The van der Waals surface area contributed by atoms with E-state index in [4.69, 9.17) is 4.74 Å². The predicted molar refractivity (Wildman–Crippen MR) is 81.0 cm³/mol. The third kappa shape index (κ3) is 5.21. The van der Waals surface area contributed by atoms with Crippen LogP contribution in [0.25, 0.3) is 0 Å². The van der Waals surface area contributed by atoms with Crippen LogP contribution in [0.1, 0.15) is 58.3 Å². The number of nitrogens with zero attached hydrogens (tertiary/aromatic N) is 1. The summed E-state index contributed by atoms with van der Waals surface area (Å²) in [6.07, 6.45) is 8.37. The molecule has 0 bridgehead atoms. The van der Waals surface area contributed by atoms with Crippen molar-refractivity contribution in [2.45, 2.75) is 64.3 Å². The first-order valence-electron chi connectivity index (χ1n) is 8.40. The molecular weight excluding hydrogens is 268 g/mol. The fourth-order valence-electron chi connectivity index (χ4n) is 3.36. The lowest BCUT2D eigenvalue weighted by Crippen LogP contribution is -2.46. The molecule has 21 heavy (non-hydrogen) atoms.